The molecule has 0 fully saturated rings. The van der Waals surface area contributed by atoms with E-state index < -0.39 is 0 Å². The molecule has 0 bridgehead atoms. The van der Waals surface area contributed by atoms with Crippen LogP contribution in [0.4, 0.5) is 17.1 Å². The number of anilines is 3. The van der Waals surface area contributed by atoms with Crippen molar-refractivity contribution in [2.75, 3.05) is 4.90 Å². The van der Waals surface area contributed by atoms with Gasteiger partial charge in [0.15, 0.2) is 5.58 Å². The van der Waals surface area contributed by atoms with Gasteiger partial charge in [0.2, 0.25) is 5.89 Å². The van der Waals surface area contributed by atoms with Crippen LogP contribution in [0.5, 0.6) is 0 Å². The van der Waals surface area contributed by atoms with Crippen LogP contribution in [0.15, 0.2) is 179 Å². The molecule has 0 amide bonds. The second kappa shape index (κ2) is 11.2. The van der Waals surface area contributed by atoms with Crippen LogP contribution in [0.2, 0.25) is 0 Å². The summed E-state index contributed by atoms with van der Waals surface area (Å²) in [7, 11) is 0. The number of benzene rings is 7. The molecule has 9 rings (SSSR count). The van der Waals surface area contributed by atoms with Crippen LogP contribution >= 0.6 is 0 Å². The summed E-state index contributed by atoms with van der Waals surface area (Å²) in [5.41, 5.74) is 11.9. The van der Waals surface area contributed by atoms with Crippen molar-refractivity contribution in [3.05, 3.63) is 170 Å². The molecule has 2 aromatic heterocycles. The maximum Gasteiger partial charge on any atom is 0.227 e. The maximum atomic E-state index is 6.19. The summed E-state index contributed by atoms with van der Waals surface area (Å²) in [6.07, 6.45) is 0. The first-order valence-corrected chi connectivity index (χ1v) is 15.7. The van der Waals surface area contributed by atoms with E-state index in [4.69, 9.17) is 13.8 Å². The van der Waals surface area contributed by atoms with E-state index >= 15 is 0 Å². The summed E-state index contributed by atoms with van der Waals surface area (Å²) in [5.74, 6) is 0.621. The topological polar surface area (TPSA) is 42.4 Å². The normalized spacial score (nSPS) is 11.4. The second-order valence-corrected chi connectivity index (χ2v) is 11.6. The van der Waals surface area contributed by atoms with Gasteiger partial charge in [-0.05, 0) is 71.8 Å². The van der Waals surface area contributed by atoms with Crippen molar-refractivity contribution >= 4 is 50.1 Å². The van der Waals surface area contributed by atoms with Gasteiger partial charge in [-0.2, -0.15) is 0 Å². The highest BCUT2D eigenvalue weighted by Gasteiger charge is 2.19. The highest BCUT2D eigenvalue weighted by atomic mass is 16.3. The molecule has 0 saturated heterocycles. The third-order valence-corrected chi connectivity index (χ3v) is 8.72. The predicted molar refractivity (Wildman–Crippen MR) is 192 cm³/mol. The Morgan fingerprint density at radius 2 is 1.02 bits per heavy atom. The van der Waals surface area contributed by atoms with Crippen molar-refractivity contribution < 1.29 is 8.83 Å². The highest BCUT2D eigenvalue weighted by Crippen LogP contribution is 2.43. The number of nitrogens with zero attached hydrogens (tertiary/aromatic N) is 2. The van der Waals surface area contributed by atoms with Crippen molar-refractivity contribution in [2.45, 2.75) is 0 Å². The monoisotopic (exact) mass is 604 g/mol. The van der Waals surface area contributed by atoms with Gasteiger partial charge in [-0.1, -0.05) is 109 Å². The lowest BCUT2D eigenvalue weighted by atomic mass is 10.0. The molecule has 0 radical (unpaired) electrons. The average molecular weight is 605 g/mol. The van der Waals surface area contributed by atoms with E-state index in [1.54, 1.807) is 0 Å². The van der Waals surface area contributed by atoms with Crippen molar-refractivity contribution in [1.82, 2.24) is 4.98 Å². The quantitative estimate of drug-likeness (QED) is 0.189. The molecular formula is C43H28N2O2. The Bertz CT molecular complexity index is 2510. The van der Waals surface area contributed by atoms with Gasteiger partial charge in [-0.15, -0.1) is 0 Å². The van der Waals surface area contributed by atoms with E-state index in [2.05, 4.69) is 120 Å². The van der Waals surface area contributed by atoms with Crippen molar-refractivity contribution in [1.29, 1.82) is 0 Å². The van der Waals surface area contributed by atoms with Gasteiger partial charge < -0.3 is 13.7 Å². The largest absolute Gasteiger partial charge is 0.456 e. The number of oxazole rings is 1. The minimum Gasteiger partial charge on any atom is -0.456 e. The van der Waals surface area contributed by atoms with E-state index in [1.807, 2.05) is 54.6 Å². The van der Waals surface area contributed by atoms with Crippen LogP contribution in [0, 0.1) is 0 Å². The Morgan fingerprint density at radius 1 is 0.404 bits per heavy atom. The lowest BCUT2D eigenvalue weighted by Crippen LogP contribution is -2.11. The van der Waals surface area contributed by atoms with Gasteiger partial charge in [0.05, 0.1) is 5.69 Å². The number of furan rings is 1. The Morgan fingerprint density at radius 3 is 1.85 bits per heavy atom. The number of aromatic nitrogens is 1. The zero-order valence-corrected chi connectivity index (χ0v) is 25.4. The lowest BCUT2D eigenvalue weighted by Gasteiger charge is -2.28. The molecule has 9 aromatic rings. The van der Waals surface area contributed by atoms with Crippen LogP contribution in [0.25, 0.3) is 66.7 Å². The van der Waals surface area contributed by atoms with Gasteiger partial charge in [0, 0.05) is 38.8 Å². The number of hydrogen-bond donors (Lipinski definition) is 0. The number of hydrogen-bond acceptors (Lipinski definition) is 4. The summed E-state index contributed by atoms with van der Waals surface area (Å²) in [4.78, 5) is 7.25. The van der Waals surface area contributed by atoms with Crippen LogP contribution < -0.4 is 4.90 Å². The number of para-hydroxylation sites is 3. The molecule has 0 atom stereocenters. The summed E-state index contributed by atoms with van der Waals surface area (Å²) < 4.78 is 12.4. The summed E-state index contributed by atoms with van der Waals surface area (Å²) >= 11 is 0. The predicted octanol–water partition coefficient (Wildman–Crippen LogP) is 12.2. The Labute approximate surface area is 271 Å². The molecule has 47 heavy (non-hydrogen) atoms. The molecule has 0 saturated carbocycles. The highest BCUT2D eigenvalue weighted by molar-refractivity contribution is 6.07. The summed E-state index contributed by atoms with van der Waals surface area (Å²) in [6.45, 7) is 0. The fourth-order valence-electron chi connectivity index (χ4n) is 6.49. The van der Waals surface area contributed by atoms with Gasteiger partial charge in [-0.3, -0.25) is 0 Å². The van der Waals surface area contributed by atoms with E-state index in [1.165, 1.54) is 0 Å². The minimum absolute atomic E-state index is 0.621. The third kappa shape index (κ3) is 4.75. The fraction of sp³-hybridized carbons (Fsp3) is 0. The van der Waals surface area contributed by atoms with Crippen molar-refractivity contribution in [3.63, 3.8) is 0 Å². The molecule has 222 valence electrons. The van der Waals surface area contributed by atoms with Crippen molar-refractivity contribution in [3.8, 4) is 33.7 Å². The molecule has 0 unspecified atom stereocenters. The van der Waals surface area contributed by atoms with E-state index in [0.717, 1.165) is 77.9 Å². The standard InChI is InChI=1S/C43H28N2O2/c1-3-12-29(13-4-1)34-16-7-9-19-38(34)45(33-26-27-40-37(28-33)36-17-8-10-20-39(36)46-40)32-24-22-30(23-25-32)35-18-11-21-41-42(35)44-43(47-41)31-14-5-2-6-15-31/h1-28H. The van der Waals surface area contributed by atoms with Crippen LogP contribution in [0.3, 0.4) is 0 Å². The summed E-state index contributed by atoms with van der Waals surface area (Å²) in [6, 6.07) is 58.6. The first kappa shape index (κ1) is 27.0. The zero-order valence-electron chi connectivity index (χ0n) is 25.4. The fourth-order valence-corrected chi connectivity index (χ4v) is 6.49. The average Bonchev–Trinajstić information content (AvgIpc) is 3.75. The van der Waals surface area contributed by atoms with Crippen molar-refractivity contribution in [2.24, 2.45) is 0 Å². The van der Waals surface area contributed by atoms with Gasteiger partial charge in [-0.25, -0.2) is 4.98 Å². The molecule has 2 heterocycles. The Balaban J connectivity index is 1.19. The maximum absolute atomic E-state index is 6.19. The van der Waals surface area contributed by atoms with E-state index in [0.29, 0.717) is 5.89 Å². The first-order chi connectivity index (χ1) is 23.3. The number of rotatable bonds is 6. The number of fused-ring (bicyclic) bond motifs is 4. The van der Waals surface area contributed by atoms with E-state index in [9.17, 15) is 0 Å². The molecule has 0 aliphatic heterocycles. The second-order valence-electron chi connectivity index (χ2n) is 11.6. The van der Waals surface area contributed by atoms with Crippen LogP contribution in [0.1, 0.15) is 0 Å². The zero-order chi connectivity index (χ0) is 31.2. The Hall–Kier alpha value is -6.39. The van der Waals surface area contributed by atoms with E-state index in [-0.39, 0.29) is 0 Å². The summed E-state index contributed by atoms with van der Waals surface area (Å²) in [5, 5.41) is 2.19. The minimum atomic E-state index is 0.621. The molecule has 4 heteroatoms. The SMILES string of the molecule is c1ccc(-c2nc3c(-c4ccc(N(c5ccc6oc7ccccc7c6c5)c5ccccc5-c5ccccc5)cc4)cccc3o2)cc1. The smallest absolute Gasteiger partial charge is 0.227 e. The molecule has 0 N–H and O–H groups in total. The Kier molecular flexibility index (Phi) is 6.43. The van der Waals surface area contributed by atoms with Crippen LogP contribution in [-0.4, -0.2) is 4.98 Å². The van der Waals surface area contributed by atoms with Crippen LogP contribution in [-0.2, 0) is 0 Å². The molecular weight excluding hydrogens is 576 g/mol. The van der Waals surface area contributed by atoms with Gasteiger partial charge in [0.25, 0.3) is 0 Å². The molecule has 7 aromatic carbocycles. The molecule has 0 aliphatic rings. The lowest BCUT2D eigenvalue weighted by molar-refractivity contribution is 0.620. The first-order valence-electron chi connectivity index (χ1n) is 15.7. The third-order valence-electron chi connectivity index (χ3n) is 8.72. The molecule has 0 spiro atoms. The van der Waals surface area contributed by atoms with Gasteiger partial charge >= 0.3 is 0 Å². The van der Waals surface area contributed by atoms with Gasteiger partial charge in [0.1, 0.15) is 16.7 Å². The molecule has 4 nitrogen and oxygen atoms in total. The molecule has 0 aliphatic carbocycles.